The van der Waals surface area contributed by atoms with Crippen LogP contribution in [0.3, 0.4) is 0 Å². The standard InChI is InChI=1S/C13H16/c1-3-11-5-7-12-8-10(2)4-6-13(12)9-11/h4-5,7,9H,3,6,8H2,1-2H3. The smallest absolute Gasteiger partial charge is 0.00669 e. The topological polar surface area (TPSA) is 0 Å². The highest BCUT2D eigenvalue weighted by Crippen LogP contribution is 2.21. The van der Waals surface area contributed by atoms with E-state index in [-0.39, 0.29) is 0 Å². The zero-order chi connectivity index (χ0) is 9.26. The highest BCUT2D eigenvalue weighted by atomic mass is 14.1. The number of rotatable bonds is 1. The van der Waals surface area contributed by atoms with Crippen LogP contribution in [0.25, 0.3) is 0 Å². The number of hydrogen-bond acceptors (Lipinski definition) is 0. The first-order valence-corrected chi connectivity index (χ1v) is 5.06. The van der Waals surface area contributed by atoms with E-state index in [2.05, 4.69) is 38.1 Å². The molecule has 0 nitrogen and oxygen atoms in total. The Morgan fingerprint density at radius 2 is 2.08 bits per heavy atom. The van der Waals surface area contributed by atoms with Crippen LogP contribution in [0.5, 0.6) is 0 Å². The van der Waals surface area contributed by atoms with Gasteiger partial charge in [0.1, 0.15) is 0 Å². The van der Waals surface area contributed by atoms with Crippen LogP contribution in [0.2, 0.25) is 0 Å². The maximum atomic E-state index is 2.36. The van der Waals surface area contributed by atoms with Crippen LogP contribution in [0, 0.1) is 0 Å². The van der Waals surface area contributed by atoms with Gasteiger partial charge in [0.15, 0.2) is 0 Å². The van der Waals surface area contributed by atoms with Crippen molar-refractivity contribution in [3.63, 3.8) is 0 Å². The Kier molecular flexibility index (Phi) is 2.22. The van der Waals surface area contributed by atoms with Crippen LogP contribution in [-0.2, 0) is 19.3 Å². The average Bonchev–Trinajstić information content (AvgIpc) is 2.17. The fourth-order valence-electron chi connectivity index (χ4n) is 1.92. The largest absolute Gasteiger partial charge is 0.0809 e. The van der Waals surface area contributed by atoms with Gasteiger partial charge in [-0.1, -0.05) is 36.8 Å². The monoisotopic (exact) mass is 172 g/mol. The molecule has 0 N–H and O–H groups in total. The second-order valence-electron chi connectivity index (χ2n) is 3.89. The normalized spacial score (nSPS) is 15.1. The summed E-state index contributed by atoms with van der Waals surface area (Å²) in [7, 11) is 0. The molecule has 2 rings (SSSR count). The lowest BCUT2D eigenvalue weighted by atomic mass is 9.91. The summed E-state index contributed by atoms with van der Waals surface area (Å²) in [5, 5.41) is 0. The summed E-state index contributed by atoms with van der Waals surface area (Å²) in [5.74, 6) is 0. The lowest BCUT2D eigenvalue weighted by Crippen LogP contribution is -2.01. The SMILES string of the molecule is CCc1ccc2c(c1)CC=C(C)C2. The summed E-state index contributed by atoms with van der Waals surface area (Å²) in [6.45, 7) is 4.43. The van der Waals surface area contributed by atoms with E-state index >= 15 is 0 Å². The summed E-state index contributed by atoms with van der Waals surface area (Å²) in [4.78, 5) is 0. The fourth-order valence-corrected chi connectivity index (χ4v) is 1.92. The molecule has 0 bridgehead atoms. The molecule has 1 aromatic rings. The summed E-state index contributed by atoms with van der Waals surface area (Å²) < 4.78 is 0. The lowest BCUT2D eigenvalue weighted by Gasteiger charge is -2.15. The molecule has 0 aromatic heterocycles. The molecular weight excluding hydrogens is 156 g/mol. The maximum absolute atomic E-state index is 2.36. The van der Waals surface area contributed by atoms with Crippen molar-refractivity contribution in [3.8, 4) is 0 Å². The molecule has 1 aliphatic carbocycles. The van der Waals surface area contributed by atoms with Gasteiger partial charge in [0, 0.05) is 0 Å². The van der Waals surface area contributed by atoms with Gasteiger partial charge < -0.3 is 0 Å². The molecule has 0 radical (unpaired) electrons. The number of aryl methyl sites for hydroxylation is 1. The second kappa shape index (κ2) is 3.37. The van der Waals surface area contributed by atoms with E-state index in [0.29, 0.717) is 0 Å². The van der Waals surface area contributed by atoms with Crippen molar-refractivity contribution in [2.75, 3.05) is 0 Å². The van der Waals surface area contributed by atoms with Crippen molar-refractivity contribution in [1.29, 1.82) is 0 Å². The molecule has 1 aromatic carbocycles. The summed E-state index contributed by atoms with van der Waals surface area (Å²) in [6.07, 6.45) is 5.78. The van der Waals surface area contributed by atoms with Gasteiger partial charge in [-0.3, -0.25) is 0 Å². The molecule has 0 spiro atoms. The van der Waals surface area contributed by atoms with E-state index in [0.717, 1.165) is 19.3 Å². The Morgan fingerprint density at radius 1 is 1.23 bits per heavy atom. The average molecular weight is 172 g/mol. The first-order chi connectivity index (χ1) is 6.29. The molecule has 13 heavy (non-hydrogen) atoms. The third-order valence-electron chi connectivity index (χ3n) is 2.82. The number of hydrogen-bond donors (Lipinski definition) is 0. The maximum Gasteiger partial charge on any atom is -0.00669 e. The molecule has 0 fully saturated rings. The molecule has 1 aliphatic rings. The Bertz CT molecular complexity index is 345. The second-order valence-corrected chi connectivity index (χ2v) is 3.89. The summed E-state index contributed by atoms with van der Waals surface area (Å²) in [6, 6.07) is 6.92. The number of benzene rings is 1. The lowest BCUT2D eigenvalue weighted by molar-refractivity contribution is 1.00. The van der Waals surface area contributed by atoms with Crippen molar-refractivity contribution < 1.29 is 0 Å². The summed E-state index contributed by atoms with van der Waals surface area (Å²) >= 11 is 0. The first-order valence-electron chi connectivity index (χ1n) is 5.06. The van der Waals surface area contributed by atoms with Gasteiger partial charge in [0.25, 0.3) is 0 Å². The molecule has 0 unspecified atom stereocenters. The molecule has 0 heterocycles. The van der Waals surface area contributed by atoms with Gasteiger partial charge in [-0.2, -0.15) is 0 Å². The number of allylic oxidation sites excluding steroid dienone is 2. The Labute approximate surface area is 80.3 Å². The van der Waals surface area contributed by atoms with Crippen molar-refractivity contribution in [2.24, 2.45) is 0 Å². The van der Waals surface area contributed by atoms with Crippen LogP contribution in [0.15, 0.2) is 29.8 Å². The minimum Gasteiger partial charge on any atom is -0.0809 e. The van der Waals surface area contributed by atoms with E-state index in [1.54, 1.807) is 0 Å². The summed E-state index contributed by atoms with van der Waals surface area (Å²) in [5.41, 5.74) is 6.03. The number of fused-ring (bicyclic) bond motifs is 1. The van der Waals surface area contributed by atoms with Gasteiger partial charge in [-0.15, -0.1) is 0 Å². The molecule has 0 saturated carbocycles. The Balaban J connectivity index is 2.36. The molecule has 0 aliphatic heterocycles. The van der Waals surface area contributed by atoms with E-state index < -0.39 is 0 Å². The van der Waals surface area contributed by atoms with Crippen LogP contribution in [0.4, 0.5) is 0 Å². The van der Waals surface area contributed by atoms with Crippen molar-refractivity contribution in [3.05, 3.63) is 46.5 Å². The highest BCUT2D eigenvalue weighted by Gasteiger charge is 2.07. The van der Waals surface area contributed by atoms with Crippen molar-refractivity contribution in [2.45, 2.75) is 33.1 Å². The highest BCUT2D eigenvalue weighted by molar-refractivity contribution is 5.39. The minimum atomic E-state index is 1.13. The van der Waals surface area contributed by atoms with E-state index in [1.807, 2.05) is 0 Å². The molecule has 0 saturated heterocycles. The van der Waals surface area contributed by atoms with Crippen LogP contribution in [0.1, 0.15) is 30.5 Å². The zero-order valence-corrected chi connectivity index (χ0v) is 8.43. The van der Waals surface area contributed by atoms with Crippen LogP contribution in [-0.4, -0.2) is 0 Å². The van der Waals surface area contributed by atoms with Crippen molar-refractivity contribution in [1.82, 2.24) is 0 Å². The Morgan fingerprint density at radius 3 is 2.85 bits per heavy atom. The molecule has 0 heteroatoms. The molecule has 68 valence electrons. The van der Waals surface area contributed by atoms with Crippen LogP contribution >= 0.6 is 0 Å². The third kappa shape index (κ3) is 1.67. The third-order valence-corrected chi connectivity index (χ3v) is 2.82. The fraction of sp³-hybridized carbons (Fsp3) is 0.385. The van der Waals surface area contributed by atoms with Gasteiger partial charge in [-0.05, 0) is 42.9 Å². The Hall–Kier alpha value is -1.04. The van der Waals surface area contributed by atoms with Gasteiger partial charge >= 0.3 is 0 Å². The van der Waals surface area contributed by atoms with Crippen LogP contribution < -0.4 is 0 Å². The van der Waals surface area contributed by atoms with Crippen molar-refractivity contribution >= 4 is 0 Å². The minimum absolute atomic E-state index is 1.13. The zero-order valence-electron chi connectivity index (χ0n) is 8.43. The quantitative estimate of drug-likeness (QED) is 0.570. The predicted molar refractivity (Wildman–Crippen MR) is 57.0 cm³/mol. The molecular formula is C13H16. The first kappa shape index (κ1) is 8.55. The van der Waals surface area contributed by atoms with Gasteiger partial charge in [-0.25, -0.2) is 0 Å². The van der Waals surface area contributed by atoms with E-state index in [4.69, 9.17) is 0 Å². The van der Waals surface area contributed by atoms with E-state index in [1.165, 1.54) is 22.3 Å². The van der Waals surface area contributed by atoms with Gasteiger partial charge in [0.05, 0.1) is 0 Å². The molecule has 0 amide bonds. The molecule has 0 atom stereocenters. The van der Waals surface area contributed by atoms with E-state index in [9.17, 15) is 0 Å². The predicted octanol–water partition coefficient (Wildman–Crippen LogP) is 3.29. The van der Waals surface area contributed by atoms with Gasteiger partial charge in [0.2, 0.25) is 0 Å².